The van der Waals surface area contributed by atoms with Crippen molar-refractivity contribution in [2.45, 2.75) is 38.5 Å². The monoisotopic (exact) mass is 372 g/mol. The number of amides is 1. The van der Waals surface area contributed by atoms with Crippen molar-refractivity contribution in [2.24, 2.45) is 0 Å². The van der Waals surface area contributed by atoms with Gasteiger partial charge in [0.05, 0.1) is 0 Å². The van der Waals surface area contributed by atoms with Crippen molar-refractivity contribution >= 4 is 17.5 Å². The molecule has 138 valence electrons. The van der Waals surface area contributed by atoms with Crippen molar-refractivity contribution in [2.75, 3.05) is 13.1 Å². The molecular formula is C21H25ClN2O2. The predicted octanol–water partition coefficient (Wildman–Crippen LogP) is 3.89. The van der Waals surface area contributed by atoms with E-state index < -0.39 is 6.10 Å². The lowest BCUT2D eigenvalue weighted by Crippen LogP contribution is -2.45. The zero-order valence-electron chi connectivity index (χ0n) is 15.0. The molecule has 2 unspecified atom stereocenters. The first-order valence-corrected chi connectivity index (χ1v) is 9.48. The predicted molar refractivity (Wildman–Crippen MR) is 104 cm³/mol. The van der Waals surface area contributed by atoms with Crippen molar-refractivity contribution in [1.82, 2.24) is 10.2 Å². The van der Waals surface area contributed by atoms with Gasteiger partial charge in [-0.1, -0.05) is 41.9 Å². The van der Waals surface area contributed by atoms with Crippen LogP contribution in [0, 0.1) is 0 Å². The van der Waals surface area contributed by atoms with Crippen LogP contribution in [0.3, 0.4) is 0 Å². The minimum Gasteiger partial charge on any atom is -0.481 e. The molecule has 0 saturated carbocycles. The topological polar surface area (TPSA) is 41.6 Å². The third kappa shape index (κ3) is 5.23. The molecule has 1 heterocycles. The fourth-order valence-electron chi connectivity index (χ4n) is 3.28. The molecular weight excluding hydrogens is 348 g/mol. The van der Waals surface area contributed by atoms with E-state index in [-0.39, 0.29) is 5.91 Å². The van der Waals surface area contributed by atoms with E-state index in [4.69, 9.17) is 16.3 Å². The summed E-state index contributed by atoms with van der Waals surface area (Å²) in [5.74, 6) is 0.692. The summed E-state index contributed by atoms with van der Waals surface area (Å²) in [7, 11) is 0. The molecule has 26 heavy (non-hydrogen) atoms. The summed E-state index contributed by atoms with van der Waals surface area (Å²) in [6.45, 7) is 4.02. The Morgan fingerprint density at radius 3 is 2.77 bits per heavy atom. The van der Waals surface area contributed by atoms with Crippen molar-refractivity contribution in [1.29, 1.82) is 0 Å². The average Bonchev–Trinajstić information content (AvgIpc) is 3.14. The summed E-state index contributed by atoms with van der Waals surface area (Å²) < 4.78 is 5.85. The largest absolute Gasteiger partial charge is 0.481 e. The number of para-hydroxylation sites is 1. The molecule has 0 radical (unpaired) electrons. The van der Waals surface area contributed by atoms with E-state index in [1.165, 1.54) is 0 Å². The Kier molecular flexibility index (Phi) is 6.53. The van der Waals surface area contributed by atoms with Crippen LogP contribution >= 0.6 is 11.6 Å². The third-order valence-corrected chi connectivity index (χ3v) is 4.82. The van der Waals surface area contributed by atoms with E-state index in [1.54, 1.807) is 0 Å². The number of benzene rings is 2. The number of nitrogens with one attached hydrogen (secondary N) is 1. The van der Waals surface area contributed by atoms with Crippen molar-refractivity contribution in [3.63, 3.8) is 0 Å². The lowest BCUT2D eigenvalue weighted by Gasteiger charge is -2.29. The van der Waals surface area contributed by atoms with Gasteiger partial charge in [-0.25, -0.2) is 0 Å². The number of nitrogens with zero attached hydrogens (tertiary/aromatic N) is 1. The van der Waals surface area contributed by atoms with E-state index in [1.807, 2.05) is 66.4 Å². The number of ether oxygens (including phenoxy) is 1. The summed E-state index contributed by atoms with van der Waals surface area (Å²) >= 11 is 6.11. The van der Waals surface area contributed by atoms with Crippen LogP contribution in [0.2, 0.25) is 5.02 Å². The Labute approximate surface area is 160 Å². The van der Waals surface area contributed by atoms with Gasteiger partial charge in [0.15, 0.2) is 6.10 Å². The number of rotatable bonds is 7. The second-order valence-corrected chi connectivity index (χ2v) is 7.15. The minimum absolute atomic E-state index is 0.0115. The van der Waals surface area contributed by atoms with Gasteiger partial charge in [-0.15, -0.1) is 0 Å². The van der Waals surface area contributed by atoms with Crippen LogP contribution < -0.4 is 10.1 Å². The second kappa shape index (κ2) is 9.06. The van der Waals surface area contributed by atoms with Crippen molar-refractivity contribution in [3.8, 4) is 5.75 Å². The molecule has 1 fully saturated rings. The molecule has 2 aromatic rings. The molecule has 2 atom stereocenters. The summed E-state index contributed by atoms with van der Waals surface area (Å²) in [5, 5.41) is 4.15. The van der Waals surface area contributed by atoms with Crippen LogP contribution in [0.15, 0.2) is 54.6 Å². The normalized spacial score (nSPS) is 17.7. The molecule has 5 heteroatoms. The molecule has 0 spiro atoms. The van der Waals surface area contributed by atoms with Crippen LogP contribution in [0.4, 0.5) is 0 Å². The summed E-state index contributed by atoms with van der Waals surface area (Å²) in [6, 6.07) is 17.5. The molecule has 1 N–H and O–H groups in total. The van der Waals surface area contributed by atoms with Gasteiger partial charge in [-0.2, -0.15) is 0 Å². The van der Waals surface area contributed by atoms with Crippen LogP contribution in [0.5, 0.6) is 5.75 Å². The molecule has 0 bridgehead atoms. The molecule has 1 aliphatic heterocycles. The number of hydrogen-bond donors (Lipinski definition) is 1. The highest BCUT2D eigenvalue weighted by atomic mass is 35.5. The highest BCUT2D eigenvalue weighted by Gasteiger charge is 2.26. The molecule has 1 aliphatic rings. The van der Waals surface area contributed by atoms with Gasteiger partial charge >= 0.3 is 0 Å². The number of carbonyl (C=O) groups excluding carboxylic acids is 1. The zero-order valence-corrected chi connectivity index (χ0v) is 15.8. The molecule has 2 aromatic carbocycles. The molecule has 4 nitrogen and oxygen atoms in total. The highest BCUT2D eigenvalue weighted by molar-refractivity contribution is 6.30. The fraction of sp³-hybridized carbons (Fsp3) is 0.381. The maximum atomic E-state index is 13.1. The third-order valence-electron chi connectivity index (χ3n) is 4.58. The standard InChI is InChI=1S/C21H25ClN2O2/c1-16(26-20-10-3-2-4-11-20)21(25)24(15-19-9-6-12-23-19)14-17-7-5-8-18(22)13-17/h2-5,7-8,10-11,13,16,19,23H,6,9,12,14-15H2,1H3. The van der Waals surface area contributed by atoms with Gasteiger partial charge in [0.25, 0.3) is 5.91 Å². The maximum absolute atomic E-state index is 13.1. The van der Waals surface area contributed by atoms with Gasteiger partial charge in [0, 0.05) is 24.2 Å². The first kappa shape index (κ1) is 18.7. The quantitative estimate of drug-likeness (QED) is 0.801. The van der Waals surface area contributed by atoms with E-state index in [0.29, 0.717) is 29.9 Å². The van der Waals surface area contributed by atoms with E-state index >= 15 is 0 Å². The zero-order chi connectivity index (χ0) is 18.4. The van der Waals surface area contributed by atoms with Gasteiger partial charge in [-0.3, -0.25) is 4.79 Å². The Morgan fingerprint density at radius 1 is 1.27 bits per heavy atom. The Bertz CT molecular complexity index is 717. The first-order valence-electron chi connectivity index (χ1n) is 9.10. The van der Waals surface area contributed by atoms with Gasteiger partial charge < -0.3 is 15.0 Å². The second-order valence-electron chi connectivity index (χ2n) is 6.72. The van der Waals surface area contributed by atoms with Crippen LogP contribution in [-0.4, -0.2) is 36.0 Å². The molecule has 0 aliphatic carbocycles. The molecule has 1 amide bonds. The van der Waals surface area contributed by atoms with Gasteiger partial charge in [-0.05, 0) is 56.1 Å². The van der Waals surface area contributed by atoms with E-state index in [2.05, 4.69) is 5.32 Å². The first-order chi connectivity index (χ1) is 12.6. The summed E-state index contributed by atoms with van der Waals surface area (Å²) in [6.07, 6.45) is 1.70. The van der Waals surface area contributed by atoms with E-state index in [9.17, 15) is 4.79 Å². The Morgan fingerprint density at radius 2 is 2.08 bits per heavy atom. The Hall–Kier alpha value is -2.04. The maximum Gasteiger partial charge on any atom is 0.263 e. The Balaban J connectivity index is 1.71. The van der Waals surface area contributed by atoms with Gasteiger partial charge in [0.2, 0.25) is 0 Å². The van der Waals surface area contributed by atoms with Crippen molar-refractivity contribution in [3.05, 3.63) is 65.2 Å². The minimum atomic E-state index is -0.544. The number of carbonyl (C=O) groups is 1. The fourth-order valence-corrected chi connectivity index (χ4v) is 3.49. The smallest absolute Gasteiger partial charge is 0.263 e. The molecule has 0 aromatic heterocycles. The van der Waals surface area contributed by atoms with Crippen LogP contribution in [0.1, 0.15) is 25.3 Å². The van der Waals surface area contributed by atoms with Gasteiger partial charge in [0.1, 0.15) is 5.75 Å². The summed E-state index contributed by atoms with van der Waals surface area (Å²) in [4.78, 5) is 14.9. The average molecular weight is 373 g/mol. The molecule has 1 saturated heterocycles. The summed E-state index contributed by atoms with van der Waals surface area (Å²) in [5.41, 5.74) is 1.02. The number of hydrogen-bond acceptors (Lipinski definition) is 3. The SMILES string of the molecule is CC(Oc1ccccc1)C(=O)N(Cc1cccc(Cl)c1)CC1CCCN1. The van der Waals surface area contributed by atoms with Crippen LogP contribution in [0.25, 0.3) is 0 Å². The van der Waals surface area contributed by atoms with E-state index in [0.717, 1.165) is 24.9 Å². The lowest BCUT2D eigenvalue weighted by molar-refractivity contribution is -0.139. The lowest BCUT2D eigenvalue weighted by atomic mass is 10.1. The highest BCUT2D eigenvalue weighted by Crippen LogP contribution is 2.17. The molecule has 3 rings (SSSR count). The van der Waals surface area contributed by atoms with Crippen molar-refractivity contribution < 1.29 is 9.53 Å². The number of halogens is 1. The van der Waals surface area contributed by atoms with Crippen LogP contribution in [-0.2, 0) is 11.3 Å².